The minimum Gasteiger partial charge on any atom is -0.468 e. The number of ether oxygens (including phenoxy) is 2. The topological polar surface area (TPSA) is 48.7 Å². The monoisotopic (exact) mass is 420 g/mol. The van der Waals surface area contributed by atoms with Crippen LogP contribution < -0.4 is 10.2 Å². The van der Waals surface area contributed by atoms with Crippen molar-refractivity contribution in [3.63, 3.8) is 0 Å². The van der Waals surface area contributed by atoms with E-state index in [0.717, 1.165) is 23.3 Å². The summed E-state index contributed by atoms with van der Waals surface area (Å²) in [6.07, 6.45) is -0.696. The summed E-state index contributed by atoms with van der Waals surface area (Å²) in [7, 11) is 1.44. The third-order valence-corrected chi connectivity index (χ3v) is 5.00. The van der Waals surface area contributed by atoms with Crippen LogP contribution in [0.15, 0.2) is 50.7 Å². The first-order chi connectivity index (χ1) is 14.1. The molecule has 0 amide bonds. The van der Waals surface area contributed by atoms with Crippen molar-refractivity contribution in [1.29, 1.82) is 0 Å². The summed E-state index contributed by atoms with van der Waals surface area (Å²) in [5.74, 6) is 0.604. The normalized spacial score (nSPS) is 18.8. The number of halogens is 3. The van der Waals surface area contributed by atoms with Gasteiger partial charge in [-0.25, -0.2) is 0 Å². The van der Waals surface area contributed by atoms with E-state index in [1.54, 1.807) is 26.0 Å². The predicted molar refractivity (Wildman–Crippen MR) is 107 cm³/mol. The van der Waals surface area contributed by atoms with Crippen molar-refractivity contribution >= 4 is 6.08 Å². The van der Waals surface area contributed by atoms with Crippen molar-refractivity contribution in [2.24, 2.45) is 0 Å². The molecule has 160 valence electrons. The number of benzene rings is 1. The van der Waals surface area contributed by atoms with Crippen molar-refractivity contribution in [1.82, 2.24) is 0 Å². The molecule has 1 aliphatic rings. The van der Waals surface area contributed by atoms with Gasteiger partial charge in [0.05, 0.1) is 24.8 Å². The highest BCUT2D eigenvalue weighted by Gasteiger charge is 2.30. The molecule has 0 saturated carbocycles. The summed E-state index contributed by atoms with van der Waals surface area (Å²) in [5.41, 5.74) is 2.30. The van der Waals surface area contributed by atoms with Crippen LogP contribution in [0.2, 0.25) is 0 Å². The van der Waals surface area contributed by atoms with Crippen LogP contribution >= 0.6 is 0 Å². The third kappa shape index (κ3) is 4.67. The summed E-state index contributed by atoms with van der Waals surface area (Å²) in [6, 6.07) is 5.18. The Hall–Kier alpha value is -2.80. The van der Waals surface area contributed by atoms with Crippen LogP contribution in [-0.2, 0) is 10.9 Å². The second kappa shape index (κ2) is 8.52. The standard InChI is InChI=1S/C23H23F3O4/c1-13(8-16-6-5-7-18(10-16)23(24,25)26)9-17-11-19(29-12-17)21-14(2)20(27)15(3)22(28-4)30-21/h5-10,19H,11-12H2,1-4H3/b13-8+,17-9-/t19-/m1/s1. The van der Waals surface area contributed by atoms with Crippen LogP contribution in [0.1, 0.15) is 47.5 Å². The van der Waals surface area contributed by atoms with E-state index in [1.807, 2.05) is 13.0 Å². The molecule has 0 unspecified atom stereocenters. The second-order valence-corrected chi connectivity index (χ2v) is 7.35. The Kier molecular flexibility index (Phi) is 6.22. The maximum Gasteiger partial charge on any atom is 0.416 e. The molecule has 1 saturated heterocycles. The maximum absolute atomic E-state index is 12.9. The average Bonchev–Trinajstić information content (AvgIpc) is 3.14. The Morgan fingerprint density at radius 2 is 1.97 bits per heavy atom. The Labute approximate surface area is 172 Å². The van der Waals surface area contributed by atoms with E-state index in [2.05, 4.69) is 0 Å². The lowest BCUT2D eigenvalue weighted by Gasteiger charge is -2.13. The molecule has 0 aliphatic carbocycles. The van der Waals surface area contributed by atoms with Gasteiger partial charge in [0.15, 0.2) is 5.43 Å². The summed E-state index contributed by atoms with van der Waals surface area (Å²) in [5, 5.41) is 0. The van der Waals surface area contributed by atoms with Crippen molar-refractivity contribution in [3.05, 3.63) is 79.7 Å². The molecule has 2 aromatic rings. The van der Waals surface area contributed by atoms with Gasteiger partial charge in [-0.15, -0.1) is 0 Å². The summed E-state index contributed by atoms with van der Waals surface area (Å²) >= 11 is 0. The summed E-state index contributed by atoms with van der Waals surface area (Å²) in [4.78, 5) is 12.4. The Morgan fingerprint density at radius 1 is 1.23 bits per heavy atom. The first kappa shape index (κ1) is 21.9. The first-order valence-corrected chi connectivity index (χ1v) is 9.45. The van der Waals surface area contributed by atoms with Crippen LogP contribution in [0.4, 0.5) is 13.2 Å². The minimum atomic E-state index is -4.38. The first-order valence-electron chi connectivity index (χ1n) is 9.45. The van der Waals surface area contributed by atoms with Gasteiger partial charge < -0.3 is 13.9 Å². The van der Waals surface area contributed by atoms with E-state index in [4.69, 9.17) is 13.9 Å². The molecular weight excluding hydrogens is 397 g/mol. The Bertz CT molecular complexity index is 1060. The molecule has 0 spiro atoms. The largest absolute Gasteiger partial charge is 0.468 e. The maximum atomic E-state index is 12.9. The van der Waals surface area contributed by atoms with Crippen LogP contribution in [-0.4, -0.2) is 13.7 Å². The van der Waals surface area contributed by atoms with Crippen molar-refractivity contribution in [2.45, 2.75) is 39.5 Å². The van der Waals surface area contributed by atoms with E-state index in [0.29, 0.717) is 35.5 Å². The number of alkyl halides is 3. The lowest BCUT2D eigenvalue weighted by Crippen LogP contribution is -2.15. The molecule has 1 aromatic heterocycles. The Balaban J connectivity index is 1.81. The van der Waals surface area contributed by atoms with Crippen LogP contribution in [0.5, 0.6) is 5.95 Å². The van der Waals surface area contributed by atoms with Gasteiger partial charge in [0.25, 0.3) is 5.95 Å². The van der Waals surface area contributed by atoms with Crippen molar-refractivity contribution in [2.75, 3.05) is 13.7 Å². The van der Waals surface area contributed by atoms with Crippen LogP contribution in [0.3, 0.4) is 0 Å². The minimum absolute atomic E-state index is 0.144. The number of methoxy groups -OCH3 is 1. The fraction of sp³-hybridized carbons (Fsp3) is 0.348. The number of allylic oxidation sites excluding steroid dienone is 2. The molecule has 2 heterocycles. The smallest absolute Gasteiger partial charge is 0.416 e. The molecule has 1 aliphatic heterocycles. The predicted octanol–water partition coefficient (Wildman–Crippen LogP) is 5.78. The molecule has 0 N–H and O–H groups in total. The van der Waals surface area contributed by atoms with Gasteiger partial charge in [-0.2, -0.15) is 13.2 Å². The van der Waals surface area contributed by atoms with E-state index in [-0.39, 0.29) is 11.4 Å². The zero-order chi connectivity index (χ0) is 22.1. The SMILES string of the molecule is COc1oc([C@H]2C/C(=C/C(C)=C/c3cccc(C(F)(F)F)c3)CO2)c(C)c(=O)c1C. The van der Waals surface area contributed by atoms with Gasteiger partial charge in [0, 0.05) is 12.0 Å². The third-order valence-electron chi connectivity index (χ3n) is 5.00. The van der Waals surface area contributed by atoms with Crippen LogP contribution in [0, 0.1) is 13.8 Å². The van der Waals surface area contributed by atoms with Crippen molar-refractivity contribution in [3.8, 4) is 5.95 Å². The average molecular weight is 420 g/mol. The highest BCUT2D eigenvalue weighted by atomic mass is 19.4. The molecular formula is C23H23F3O4. The van der Waals surface area contributed by atoms with E-state index < -0.39 is 17.8 Å². The van der Waals surface area contributed by atoms with E-state index in [1.165, 1.54) is 13.2 Å². The van der Waals surface area contributed by atoms with Gasteiger partial charge >= 0.3 is 6.18 Å². The fourth-order valence-corrected chi connectivity index (χ4v) is 3.50. The molecule has 1 atom stereocenters. The number of hydrogen-bond acceptors (Lipinski definition) is 4. The second-order valence-electron chi connectivity index (χ2n) is 7.35. The molecule has 30 heavy (non-hydrogen) atoms. The lowest BCUT2D eigenvalue weighted by molar-refractivity contribution is -0.137. The van der Waals surface area contributed by atoms with Gasteiger partial charge in [-0.05, 0) is 44.0 Å². The van der Waals surface area contributed by atoms with Crippen molar-refractivity contribution < 1.29 is 27.1 Å². The van der Waals surface area contributed by atoms with E-state index in [9.17, 15) is 18.0 Å². The number of hydrogen-bond donors (Lipinski definition) is 0. The summed E-state index contributed by atoms with van der Waals surface area (Å²) in [6.45, 7) is 5.50. The molecule has 0 radical (unpaired) electrons. The quantitative estimate of drug-likeness (QED) is 0.630. The summed E-state index contributed by atoms with van der Waals surface area (Å²) < 4.78 is 55.4. The zero-order valence-electron chi connectivity index (χ0n) is 17.2. The molecule has 0 bridgehead atoms. The van der Waals surface area contributed by atoms with Gasteiger partial charge in [-0.1, -0.05) is 29.9 Å². The molecule has 7 heteroatoms. The molecule has 1 aromatic carbocycles. The molecule has 3 rings (SSSR count). The highest BCUT2D eigenvalue weighted by molar-refractivity contribution is 5.56. The zero-order valence-corrected chi connectivity index (χ0v) is 17.2. The Morgan fingerprint density at radius 3 is 2.63 bits per heavy atom. The van der Waals surface area contributed by atoms with Crippen LogP contribution in [0.25, 0.3) is 6.08 Å². The van der Waals surface area contributed by atoms with E-state index >= 15 is 0 Å². The highest BCUT2D eigenvalue weighted by Crippen LogP contribution is 2.36. The molecule has 1 fully saturated rings. The number of rotatable bonds is 4. The molecule has 4 nitrogen and oxygen atoms in total. The van der Waals surface area contributed by atoms with Gasteiger partial charge in [0.1, 0.15) is 11.9 Å². The lowest BCUT2D eigenvalue weighted by atomic mass is 10.0. The van der Waals surface area contributed by atoms with Gasteiger partial charge in [0.2, 0.25) is 0 Å². The van der Waals surface area contributed by atoms with Gasteiger partial charge in [-0.3, -0.25) is 4.79 Å². The fourth-order valence-electron chi connectivity index (χ4n) is 3.50.